The first-order valence-electron chi connectivity index (χ1n) is 7.19. The number of carboxylic acids is 1. The third kappa shape index (κ3) is 3.21. The zero-order chi connectivity index (χ0) is 15.5. The molecule has 0 spiro atoms. The van der Waals surface area contributed by atoms with Gasteiger partial charge in [0.15, 0.2) is 5.69 Å². The third-order valence-corrected chi connectivity index (χ3v) is 3.98. The van der Waals surface area contributed by atoms with Gasteiger partial charge in [-0.3, -0.25) is 0 Å². The van der Waals surface area contributed by atoms with Gasteiger partial charge in [0.25, 0.3) is 0 Å². The van der Waals surface area contributed by atoms with E-state index in [2.05, 4.69) is 15.3 Å². The van der Waals surface area contributed by atoms with Gasteiger partial charge in [-0.15, -0.1) is 0 Å². The van der Waals surface area contributed by atoms with E-state index in [1.165, 1.54) is 18.5 Å². The largest absolute Gasteiger partial charge is 0.476 e. The Balaban J connectivity index is 1.62. The number of carboxylic acid groups (broad SMARTS) is 1. The maximum absolute atomic E-state index is 13.3. The molecule has 5 nitrogen and oxygen atoms in total. The highest BCUT2D eigenvalue weighted by molar-refractivity contribution is 5.84. The van der Waals surface area contributed by atoms with Crippen molar-refractivity contribution < 1.29 is 14.3 Å². The van der Waals surface area contributed by atoms with Crippen LogP contribution in [0.1, 0.15) is 41.2 Å². The molecule has 1 aromatic carbocycles. The van der Waals surface area contributed by atoms with Crippen LogP contribution < -0.4 is 5.32 Å². The van der Waals surface area contributed by atoms with Crippen molar-refractivity contribution in [2.45, 2.75) is 31.2 Å². The third-order valence-electron chi connectivity index (χ3n) is 3.98. The lowest BCUT2D eigenvalue weighted by Gasteiger charge is -2.14. The minimum atomic E-state index is -1.09. The number of hydrogen-bond donors (Lipinski definition) is 2. The first-order chi connectivity index (χ1) is 10.6. The maximum atomic E-state index is 13.3. The number of benzene rings is 1. The molecule has 114 valence electrons. The Morgan fingerprint density at radius 3 is 2.82 bits per heavy atom. The van der Waals surface area contributed by atoms with Crippen LogP contribution in [0.5, 0.6) is 0 Å². The first-order valence-corrected chi connectivity index (χ1v) is 7.19. The van der Waals surface area contributed by atoms with Gasteiger partial charge in [0.05, 0.1) is 12.4 Å². The van der Waals surface area contributed by atoms with E-state index < -0.39 is 5.97 Å². The summed E-state index contributed by atoms with van der Waals surface area (Å²) in [5.74, 6) is -0.399. The Kier molecular flexibility index (Phi) is 4.00. The number of anilines is 1. The van der Waals surface area contributed by atoms with E-state index in [1.54, 1.807) is 12.1 Å². The van der Waals surface area contributed by atoms with E-state index in [1.807, 2.05) is 6.07 Å². The fourth-order valence-corrected chi connectivity index (χ4v) is 2.90. The second-order valence-corrected chi connectivity index (χ2v) is 5.50. The quantitative estimate of drug-likeness (QED) is 0.907. The number of carbonyl (C=O) groups is 1. The molecule has 2 unspecified atom stereocenters. The summed E-state index contributed by atoms with van der Waals surface area (Å²) in [7, 11) is 0. The van der Waals surface area contributed by atoms with Gasteiger partial charge in [0, 0.05) is 6.04 Å². The molecule has 2 aromatic rings. The van der Waals surface area contributed by atoms with E-state index in [-0.39, 0.29) is 17.6 Å². The topological polar surface area (TPSA) is 75.1 Å². The average molecular weight is 301 g/mol. The van der Waals surface area contributed by atoms with Crippen molar-refractivity contribution in [1.29, 1.82) is 0 Å². The van der Waals surface area contributed by atoms with E-state index in [0.717, 1.165) is 24.8 Å². The van der Waals surface area contributed by atoms with Crippen LogP contribution in [0.2, 0.25) is 0 Å². The van der Waals surface area contributed by atoms with Crippen molar-refractivity contribution in [1.82, 2.24) is 9.97 Å². The van der Waals surface area contributed by atoms with Crippen molar-refractivity contribution >= 4 is 11.8 Å². The van der Waals surface area contributed by atoms with Crippen LogP contribution >= 0.6 is 0 Å². The van der Waals surface area contributed by atoms with Gasteiger partial charge in [-0.25, -0.2) is 19.2 Å². The average Bonchev–Trinajstić information content (AvgIpc) is 2.96. The summed E-state index contributed by atoms with van der Waals surface area (Å²) >= 11 is 0. The summed E-state index contributed by atoms with van der Waals surface area (Å²) in [4.78, 5) is 18.6. The molecule has 22 heavy (non-hydrogen) atoms. The molecular weight excluding hydrogens is 285 g/mol. The van der Waals surface area contributed by atoms with Crippen molar-refractivity contribution in [3.05, 3.63) is 53.7 Å². The number of halogens is 1. The maximum Gasteiger partial charge on any atom is 0.356 e. The number of nitrogens with one attached hydrogen (secondary N) is 1. The summed E-state index contributed by atoms with van der Waals surface area (Å²) in [5, 5.41) is 12.1. The van der Waals surface area contributed by atoms with Crippen LogP contribution in [0.4, 0.5) is 10.2 Å². The highest BCUT2D eigenvalue weighted by Gasteiger charge is 2.26. The van der Waals surface area contributed by atoms with E-state index in [0.29, 0.717) is 11.7 Å². The number of rotatable bonds is 4. The first kappa shape index (κ1) is 14.4. The van der Waals surface area contributed by atoms with Crippen LogP contribution in [-0.2, 0) is 0 Å². The number of hydrogen-bond acceptors (Lipinski definition) is 4. The van der Waals surface area contributed by atoms with Crippen LogP contribution in [0.15, 0.2) is 36.7 Å². The second-order valence-electron chi connectivity index (χ2n) is 5.50. The van der Waals surface area contributed by atoms with Crippen molar-refractivity contribution in [3.63, 3.8) is 0 Å². The highest BCUT2D eigenvalue weighted by atomic mass is 19.1. The molecule has 1 aliphatic rings. The molecule has 1 aromatic heterocycles. The fraction of sp³-hybridized carbons (Fsp3) is 0.312. The Morgan fingerprint density at radius 1 is 1.27 bits per heavy atom. The normalized spacial score (nSPS) is 20.8. The zero-order valence-corrected chi connectivity index (χ0v) is 11.9. The Labute approximate surface area is 127 Å². The molecule has 1 fully saturated rings. The Morgan fingerprint density at radius 2 is 2.14 bits per heavy atom. The number of nitrogens with zero attached hydrogens (tertiary/aromatic N) is 2. The van der Waals surface area contributed by atoms with Crippen molar-refractivity contribution in [2.24, 2.45) is 0 Å². The summed E-state index contributed by atoms with van der Waals surface area (Å²) in [5.41, 5.74) is 0.950. The molecule has 3 rings (SSSR count). The van der Waals surface area contributed by atoms with Crippen LogP contribution in [0.25, 0.3) is 0 Å². The van der Waals surface area contributed by atoms with Crippen LogP contribution in [-0.4, -0.2) is 27.1 Å². The molecule has 0 saturated heterocycles. The summed E-state index contributed by atoms with van der Waals surface area (Å²) in [6, 6.07) is 6.97. The van der Waals surface area contributed by atoms with Gasteiger partial charge in [0.2, 0.25) is 0 Å². The molecule has 0 bridgehead atoms. The predicted molar refractivity (Wildman–Crippen MR) is 79.4 cm³/mol. The monoisotopic (exact) mass is 301 g/mol. The van der Waals surface area contributed by atoms with Crippen LogP contribution in [0, 0.1) is 5.82 Å². The lowest BCUT2D eigenvalue weighted by atomic mass is 9.97. The molecule has 0 aliphatic heterocycles. The van der Waals surface area contributed by atoms with Gasteiger partial charge in [-0.2, -0.15) is 0 Å². The van der Waals surface area contributed by atoms with Gasteiger partial charge in [-0.1, -0.05) is 12.1 Å². The van der Waals surface area contributed by atoms with E-state index in [4.69, 9.17) is 5.11 Å². The van der Waals surface area contributed by atoms with Crippen molar-refractivity contribution in [2.75, 3.05) is 5.32 Å². The lowest BCUT2D eigenvalue weighted by molar-refractivity contribution is 0.0690. The molecule has 1 aliphatic carbocycles. The lowest BCUT2D eigenvalue weighted by Crippen LogP contribution is -2.17. The van der Waals surface area contributed by atoms with Gasteiger partial charge in [0.1, 0.15) is 11.6 Å². The van der Waals surface area contributed by atoms with E-state index in [9.17, 15) is 9.18 Å². The summed E-state index contributed by atoms with van der Waals surface area (Å²) < 4.78 is 13.3. The molecule has 0 radical (unpaired) electrons. The fourth-order valence-electron chi connectivity index (χ4n) is 2.90. The van der Waals surface area contributed by atoms with Crippen LogP contribution in [0.3, 0.4) is 0 Å². The number of aromatic nitrogens is 2. The Hall–Kier alpha value is -2.50. The number of aromatic carboxylic acids is 1. The van der Waals surface area contributed by atoms with Gasteiger partial charge < -0.3 is 10.4 Å². The SMILES string of the molecule is O=C(O)c1cnc(NC2CCC(c3cccc(F)c3)C2)cn1. The van der Waals surface area contributed by atoms with Crippen molar-refractivity contribution in [3.8, 4) is 0 Å². The standard InChI is InChI=1S/C16H16FN3O2/c17-12-3-1-2-10(6-12)11-4-5-13(7-11)20-15-9-18-14(8-19-15)16(21)22/h1-3,6,8-9,11,13H,4-5,7H2,(H,19,20)(H,21,22). The molecule has 1 saturated carbocycles. The predicted octanol–water partition coefficient (Wildman–Crippen LogP) is 3.06. The zero-order valence-electron chi connectivity index (χ0n) is 11.9. The molecular formula is C16H16FN3O2. The molecule has 6 heteroatoms. The smallest absolute Gasteiger partial charge is 0.356 e. The molecule has 2 N–H and O–H groups in total. The van der Waals surface area contributed by atoms with Gasteiger partial charge >= 0.3 is 5.97 Å². The van der Waals surface area contributed by atoms with Gasteiger partial charge in [-0.05, 0) is 42.9 Å². The Bertz CT molecular complexity index is 675. The molecule has 2 atom stereocenters. The minimum Gasteiger partial charge on any atom is -0.476 e. The molecule has 1 heterocycles. The summed E-state index contributed by atoms with van der Waals surface area (Å²) in [6.45, 7) is 0. The second kappa shape index (κ2) is 6.09. The minimum absolute atomic E-state index is 0.0744. The van der Waals surface area contributed by atoms with E-state index >= 15 is 0 Å². The molecule has 0 amide bonds. The summed E-state index contributed by atoms with van der Waals surface area (Å²) in [6.07, 6.45) is 5.51. The highest BCUT2D eigenvalue weighted by Crippen LogP contribution is 2.35.